The van der Waals surface area contributed by atoms with Gasteiger partial charge in [-0.25, -0.2) is 13.8 Å². The van der Waals surface area contributed by atoms with Crippen molar-refractivity contribution in [1.29, 1.82) is 0 Å². The summed E-state index contributed by atoms with van der Waals surface area (Å²) in [5, 5.41) is 2.38. The first kappa shape index (κ1) is 18.0. The molecule has 1 heterocycles. The molecule has 0 fully saturated rings. The maximum absolute atomic E-state index is 12.6. The highest BCUT2D eigenvalue weighted by molar-refractivity contribution is 5.78. The zero-order chi connectivity index (χ0) is 17.7. The summed E-state index contributed by atoms with van der Waals surface area (Å²) in [6.07, 6.45) is -3.84. The lowest BCUT2D eigenvalue weighted by atomic mass is 10.3. The van der Waals surface area contributed by atoms with Gasteiger partial charge in [0.15, 0.2) is 0 Å². The van der Waals surface area contributed by atoms with Crippen LogP contribution in [0.2, 0.25) is 0 Å². The number of aromatic amines is 1. The first-order chi connectivity index (χ1) is 11.3. The monoisotopic (exact) mass is 349 g/mol. The first-order valence-electron chi connectivity index (χ1n) is 6.85. The van der Waals surface area contributed by atoms with Crippen LogP contribution in [0.3, 0.4) is 0 Å². The Morgan fingerprint density at radius 2 is 2.17 bits per heavy atom. The van der Waals surface area contributed by atoms with Crippen molar-refractivity contribution in [3.63, 3.8) is 0 Å². The molecule has 0 saturated heterocycles. The van der Waals surface area contributed by atoms with Crippen LogP contribution in [0.15, 0.2) is 18.2 Å². The lowest BCUT2D eigenvalue weighted by Gasteiger charge is -2.14. The third-order valence-corrected chi connectivity index (χ3v) is 3.04. The molecule has 0 aliphatic heterocycles. The van der Waals surface area contributed by atoms with Gasteiger partial charge in [-0.05, 0) is 12.1 Å². The van der Waals surface area contributed by atoms with E-state index in [0.29, 0.717) is 22.6 Å². The molecule has 10 heteroatoms. The zero-order valence-corrected chi connectivity index (χ0v) is 12.6. The largest absolute Gasteiger partial charge is 0.497 e. The number of hydrogen-bond acceptors (Lipinski definition) is 4. The van der Waals surface area contributed by atoms with Crippen molar-refractivity contribution in [2.75, 3.05) is 20.3 Å². The van der Waals surface area contributed by atoms with E-state index >= 15 is 0 Å². The molecular formula is C14H15F4N3O3. The third-order valence-electron chi connectivity index (χ3n) is 3.04. The average Bonchev–Trinajstić information content (AvgIpc) is 2.94. The second-order valence-corrected chi connectivity index (χ2v) is 4.90. The molecule has 6 nitrogen and oxygen atoms in total. The second kappa shape index (κ2) is 7.47. The summed E-state index contributed by atoms with van der Waals surface area (Å²) >= 11 is 0. The number of hydrogen-bond donors (Lipinski definition) is 2. The SMILES string of the molecule is COc1ccc2nc(CNC(=O)COCC(F)(F)C(F)F)[nH]c2c1. The van der Waals surface area contributed by atoms with Gasteiger partial charge in [0.05, 0.1) is 24.7 Å². The number of nitrogens with zero attached hydrogens (tertiary/aromatic N) is 1. The summed E-state index contributed by atoms with van der Waals surface area (Å²) in [6, 6.07) is 5.18. The van der Waals surface area contributed by atoms with E-state index in [2.05, 4.69) is 20.0 Å². The molecule has 0 atom stereocenters. The summed E-state index contributed by atoms with van der Waals surface area (Å²) in [4.78, 5) is 18.6. The number of imidazole rings is 1. The molecule has 2 rings (SSSR count). The Kier molecular flexibility index (Phi) is 5.60. The first-order valence-corrected chi connectivity index (χ1v) is 6.85. The molecule has 2 aromatic rings. The Balaban J connectivity index is 1.81. The quantitative estimate of drug-likeness (QED) is 0.716. The summed E-state index contributed by atoms with van der Waals surface area (Å²) in [6.45, 7) is -2.27. The predicted octanol–water partition coefficient (Wildman–Crippen LogP) is 2.10. The van der Waals surface area contributed by atoms with Crippen molar-refractivity contribution in [2.24, 2.45) is 0 Å². The standard InChI is InChI=1S/C14H15F4N3O3/c1-23-8-2-3-9-10(4-8)21-11(20-9)5-19-12(22)6-24-7-14(17,18)13(15)16/h2-4,13H,5-7H2,1H3,(H,19,22)(H,20,21). The minimum Gasteiger partial charge on any atom is -0.497 e. The number of halogens is 4. The summed E-state index contributed by atoms with van der Waals surface area (Å²) < 4.78 is 58.4. The van der Waals surface area contributed by atoms with Crippen LogP contribution in [0.5, 0.6) is 5.75 Å². The van der Waals surface area contributed by atoms with Crippen LogP contribution in [-0.4, -0.2) is 48.5 Å². The van der Waals surface area contributed by atoms with Crippen LogP contribution < -0.4 is 10.1 Å². The van der Waals surface area contributed by atoms with Gasteiger partial charge in [0.25, 0.3) is 0 Å². The zero-order valence-electron chi connectivity index (χ0n) is 12.6. The number of fused-ring (bicyclic) bond motifs is 1. The third kappa shape index (κ3) is 4.57. The van der Waals surface area contributed by atoms with Gasteiger partial charge in [0.2, 0.25) is 5.91 Å². The van der Waals surface area contributed by atoms with Gasteiger partial charge < -0.3 is 19.8 Å². The Morgan fingerprint density at radius 3 is 2.83 bits per heavy atom. The van der Waals surface area contributed by atoms with Gasteiger partial charge in [-0.3, -0.25) is 4.79 Å². The molecule has 2 N–H and O–H groups in total. The fourth-order valence-electron chi connectivity index (χ4n) is 1.83. The second-order valence-electron chi connectivity index (χ2n) is 4.90. The molecule has 0 bridgehead atoms. The van der Waals surface area contributed by atoms with Crippen molar-refractivity contribution in [3.05, 3.63) is 24.0 Å². The number of benzene rings is 1. The van der Waals surface area contributed by atoms with Crippen LogP contribution in [0.25, 0.3) is 11.0 Å². The maximum atomic E-state index is 12.6. The van der Waals surface area contributed by atoms with Crippen LogP contribution in [-0.2, 0) is 16.1 Å². The van der Waals surface area contributed by atoms with E-state index in [9.17, 15) is 22.4 Å². The number of aromatic nitrogens is 2. The van der Waals surface area contributed by atoms with Crippen LogP contribution >= 0.6 is 0 Å². The van der Waals surface area contributed by atoms with Gasteiger partial charge in [-0.1, -0.05) is 0 Å². The van der Waals surface area contributed by atoms with E-state index < -0.39 is 31.5 Å². The molecule has 0 radical (unpaired) electrons. The van der Waals surface area contributed by atoms with Gasteiger partial charge in [0.1, 0.15) is 24.8 Å². The molecule has 0 aliphatic rings. The number of carbonyl (C=O) groups is 1. The number of H-pyrrole nitrogens is 1. The Morgan fingerprint density at radius 1 is 1.42 bits per heavy atom. The van der Waals surface area contributed by atoms with E-state index in [1.165, 1.54) is 7.11 Å². The van der Waals surface area contributed by atoms with Crippen molar-refractivity contribution in [3.8, 4) is 5.75 Å². The lowest BCUT2D eigenvalue weighted by molar-refractivity contribution is -0.168. The normalized spacial score (nSPS) is 11.9. The Labute approximate surface area is 134 Å². The number of carbonyl (C=O) groups excluding carboxylic acids is 1. The number of ether oxygens (including phenoxy) is 2. The average molecular weight is 349 g/mol. The highest BCUT2D eigenvalue weighted by Crippen LogP contribution is 2.22. The highest BCUT2D eigenvalue weighted by Gasteiger charge is 2.41. The van der Waals surface area contributed by atoms with Crippen molar-refractivity contribution >= 4 is 16.9 Å². The van der Waals surface area contributed by atoms with Gasteiger partial charge in [0, 0.05) is 6.07 Å². The minimum atomic E-state index is -4.28. The molecule has 0 saturated carbocycles. The summed E-state index contributed by atoms with van der Waals surface area (Å²) in [5.74, 6) is -3.93. The van der Waals surface area contributed by atoms with Gasteiger partial charge >= 0.3 is 12.3 Å². The number of rotatable bonds is 8. The van der Waals surface area contributed by atoms with Crippen molar-refractivity contribution < 1.29 is 31.8 Å². The van der Waals surface area contributed by atoms with Gasteiger partial charge in [-0.15, -0.1) is 0 Å². The summed E-state index contributed by atoms with van der Waals surface area (Å²) in [7, 11) is 1.52. The van der Waals surface area contributed by atoms with Crippen LogP contribution in [0.4, 0.5) is 17.6 Å². The van der Waals surface area contributed by atoms with E-state index in [4.69, 9.17) is 4.74 Å². The fourth-order valence-corrected chi connectivity index (χ4v) is 1.83. The number of amides is 1. The molecule has 1 aromatic heterocycles. The van der Waals surface area contributed by atoms with E-state index in [0.717, 1.165) is 0 Å². The molecule has 1 aromatic carbocycles. The molecule has 132 valence electrons. The minimum absolute atomic E-state index is 0.00439. The Bertz CT molecular complexity index is 706. The molecular weight excluding hydrogens is 334 g/mol. The molecule has 0 spiro atoms. The molecule has 0 unspecified atom stereocenters. The Hall–Kier alpha value is -2.36. The smallest absolute Gasteiger partial charge is 0.330 e. The van der Waals surface area contributed by atoms with E-state index in [1.54, 1.807) is 18.2 Å². The molecule has 0 aliphatic carbocycles. The number of alkyl halides is 4. The summed E-state index contributed by atoms with van der Waals surface area (Å²) in [5.41, 5.74) is 1.36. The number of nitrogens with one attached hydrogen (secondary N) is 2. The lowest BCUT2D eigenvalue weighted by Crippen LogP contribution is -2.35. The molecule has 1 amide bonds. The maximum Gasteiger partial charge on any atom is 0.330 e. The molecule has 24 heavy (non-hydrogen) atoms. The topological polar surface area (TPSA) is 76.2 Å². The van der Waals surface area contributed by atoms with Gasteiger partial charge in [-0.2, -0.15) is 8.78 Å². The predicted molar refractivity (Wildman–Crippen MR) is 76.3 cm³/mol. The van der Waals surface area contributed by atoms with Crippen LogP contribution in [0.1, 0.15) is 5.82 Å². The van der Waals surface area contributed by atoms with E-state index in [1.807, 2.05) is 0 Å². The number of methoxy groups -OCH3 is 1. The highest BCUT2D eigenvalue weighted by atomic mass is 19.3. The van der Waals surface area contributed by atoms with Crippen molar-refractivity contribution in [1.82, 2.24) is 15.3 Å². The fraction of sp³-hybridized carbons (Fsp3) is 0.429. The van der Waals surface area contributed by atoms with Crippen molar-refractivity contribution in [2.45, 2.75) is 18.9 Å². The van der Waals surface area contributed by atoms with E-state index in [-0.39, 0.29) is 6.54 Å². The van der Waals surface area contributed by atoms with Crippen LogP contribution in [0, 0.1) is 0 Å².